The lowest BCUT2D eigenvalue weighted by molar-refractivity contribution is -0.121. The van der Waals surface area contributed by atoms with Gasteiger partial charge in [-0.05, 0) is 36.8 Å². The summed E-state index contributed by atoms with van der Waals surface area (Å²) in [6, 6.07) is 5.05. The SMILES string of the molecule is O=C1CCCC(Cc2cccc(Cl)c2F)C1. The van der Waals surface area contributed by atoms with Gasteiger partial charge in [0.25, 0.3) is 0 Å². The average Bonchev–Trinajstić information content (AvgIpc) is 2.25. The second-order valence-corrected chi connectivity index (χ2v) is 4.83. The van der Waals surface area contributed by atoms with E-state index in [1.165, 1.54) is 0 Å². The molecule has 0 aliphatic heterocycles. The summed E-state index contributed by atoms with van der Waals surface area (Å²) < 4.78 is 13.6. The van der Waals surface area contributed by atoms with Crippen molar-refractivity contribution in [2.75, 3.05) is 0 Å². The van der Waals surface area contributed by atoms with Gasteiger partial charge in [-0.3, -0.25) is 4.79 Å². The lowest BCUT2D eigenvalue weighted by Gasteiger charge is -2.20. The number of ketones is 1. The molecule has 0 bridgehead atoms. The predicted molar refractivity (Wildman–Crippen MR) is 62.1 cm³/mol. The Bertz CT molecular complexity index is 403. The van der Waals surface area contributed by atoms with E-state index < -0.39 is 0 Å². The third kappa shape index (κ3) is 2.62. The van der Waals surface area contributed by atoms with E-state index in [0.717, 1.165) is 12.8 Å². The van der Waals surface area contributed by atoms with Crippen LogP contribution in [0.25, 0.3) is 0 Å². The number of hydrogen-bond donors (Lipinski definition) is 0. The highest BCUT2D eigenvalue weighted by Gasteiger charge is 2.21. The Morgan fingerprint density at radius 3 is 3.00 bits per heavy atom. The number of halogens is 2. The lowest BCUT2D eigenvalue weighted by atomic mass is 9.84. The predicted octanol–water partition coefficient (Wildman–Crippen LogP) is 3.78. The maximum absolute atomic E-state index is 13.6. The number of carbonyl (C=O) groups excluding carboxylic acids is 1. The molecule has 0 aromatic heterocycles. The van der Waals surface area contributed by atoms with E-state index in [2.05, 4.69) is 0 Å². The molecule has 3 heteroatoms. The average molecular weight is 241 g/mol. The Morgan fingerprint density at radius 2 is 2.25 bits per heavy atom. The van der Waals surface area contributed by atoms with Crippen molar-refractivity contribution >= 4 is 17.4 Å². The van der Waals surface area contributed by atoms with Crippen molar-refractivity contribution in [3.05, 3.63) is 34.6 Å². The Kier molecular flexibility index (Phi) is 3.59. The van der Waals surface area contributed by atoms with Gasteiger partial charge in [0, 0.05) is 12.8 Å². The van der Waals surface area contributed by atoms with Crippen LogP contribution in [0.5, 0.6) is 0 Å². The van der Waals surface area contributed by atoms with Crippen molar-refractivity contribution in [2.45, 2.75) is 32.1 Å². The number of Topliss-reactive ketones (excluding diaryl/α,β-unsaturated/α-hetero) is 1. The smallest absolute Gasteiger partial charge is 0.144 e. The minimum absolute atomic E-state index is 0.166. The zero-order chi connectivity index (χ0) is 11.5. The molecule has 0 heterocycles. The monoisotopic (exact) mass is 240 g/mol. The van der Waals surface area contributed by atoms with E-state index in [0.29, 0.717) is 30.6 Å². The molecule has 1 saturated carbocycles. The molecular formula is C13H14ClFO. The van der Waals surface area contributed by atoms with Gasteiger partial charge < -0.3 is 0 Å². The Labute approximate surface area is 99.6 Å². The van der Waals surface area contributed by atoms with Crippen LogP contribution < -0.4 is 0 Å². The van der Waals surface area contributed by atoms with Crippen LogP contribution >= 0.6 is 11.6 Å². The summed E-state index contributed by atoms with van der Waals surface area (Å²) in [6.07, 6.45) is 3.85. The minimum Gasteiger partial charge on any atom is -0.300 e. The highest BCUT2D eigenvalue weighted by Crippen LogP contribution is 2.27. The number of hydrogen-bond acceptors (Lipinski definition) is 1. The topological polar surface area (TPSA) is 17.1 Å². The van der Waals surface area contributed by atoms with Crippen molar-refractivity contribution in [3.8, 4) is 0 Å². The first-order valence-electron chi connectivity index (χ1n) is 5.61. The summed E-state index contributed by atoms with van der Waals surface area (Å²) in [5.74, 6) is 0.259. The molecule has 2 rings (SSSR count). The molecule has 1 nitrogen and oxygen atoms in total. The molecule has 86 valence electrons. The summed E-state index contributed by atoms with van der Waals surface area (Å²) in [5.41, 5.74) is 0.632. The fourth-order valence-electron chi connectivity index (χ4n) is 2.31. The second kappa shape index (κ2) is 4.96. The van der Waals surface area contributed by atoms with Crippen LogP contribution in [0.3, 0.4) is 0 Å². The van der Waals surface area contributed by atoms with Gasteiger partial charge in [0.15, 0.2) is 0 Å². The van der Waals surface area contributed by atoms with Crippen LogP contribution in [0.1, 0.15) is 31.2 Å². The first-order valence-corrected chi connectivity index (χ1v) is 5.99. The standard InChI is InChI=1S/C13H14ClFO/c14-12-6-2-4-10(13(12)15)7-9-3-1-5-11(16)8-9/h2,4,6,9H,1,3,5,7-8H2. The van der Waals surface area contributed by atoms with Gasteiger partial charge in [0.1, 0.15) is 11.6 Å². The molecular weight excluding hydrogens is 227 g/mol. The van der Waals surface area contributed by atoms with Gasteiger partial charge in [-0.1, -0.05) is 23.7 Å². The first-order chi connectivity index (χ1) is 7.66. The largest absolute Gasteiger partial charge is 0.300 e. The highest BCUT2D eigenvalue weighted by molar-refractivity contribution is 6.30. The van der Waals surface area contributed by atoms with E-state index in [-0.39, 0.29) is 16.8 Å². The number of benzene rings is 1. The first kappa shape index (κ1) is 11.6. The molecule has 1 aromatic rings. The summed E-state index contributed by atoms with van der Waals surface area (Å²) in [7, 11) is 0. The van der Waals surface area contributed by atoms with Gasteiger partial charge in [-0.2, -0.15) is 0 Å². The second-order valence-electron chi connectivity index (χ2n) is 4.42. The minimum atomic E-state index is -0.331. The Hall–Kier alpha value is -0.890. The molecule has 16 heavy (non-hydrogen) atoms. The molecule has 1 aliphatic carbocycles. The molecule has 0 radical (unpaired) electrons. The lowest BCUT2D eigenvalue weighted by Crippen LogP contribution is -2.17. The van der Waals surface area contributed by atoms with Gasteiger partial charge >= 0.3 is 0 Å². The number of carbonyl (C=O) groups is 1. The molecule has 1 unspecified atom stereocenters. The van der Waals surface area contributed by atoms with Crippen molar-refractivity contribution in [1.82, 2.24) is 0 Å². The van der Waals surface area contributed by atoms with Crippen molar-refractivity contribution < 1.29 is 9.18 Å². The quantitative estimate of drug-likeness (QED) is 0.769. The van der Waals surface area contributed by atoms with Crippen LogP contribution in [0, 0.1) is 11.7 Å². The van der Waals surface area contributed by atoms with Crippen LogP contribution in [0.4, 0.5) is 4.39 Å². The van der Waals surface area contributed by atoms with Gasteiger partial charge in [-0.15, -0.1) is 0 Å². The van der Waals surface area contributed by atoms with Crippen LogP contribution in [-0.4, -0.2) is 5.78 Å². The van der Waals surface area contributed by atoms with E-state index in [9.17, 15) is 9.18 Å². The van der Waals surface area contributed by atoms with Gasteiger partial charge in [-0.25, -0.2) is 4.39 Å². The van der Waals surface area contributed by atoms with Crippen molar-refractivity contribution in [3.63, 3.8) is 0 Å². The van der Waals surface area contributed by atoms with Gasteiger partial charge in [0.05, 0.1) is 5.02 Å². The van der Waals surface area contributed by atoms with Crippen molar-refractivity contribution in [1.29, 1.82) is 0 Å². The highest BCUT2D eigenvalue weighted by atomic mass is 35.5. The van der Waals surface area contributed by atoms with E-state index in [4.69, 9.17) is 11.6 Å². The molecule has 1 aromatic carbocycles. The molecule has 0 amide bonds. The molecule has 0 N–H and O–H groups in total. The Balaban J connectivity index is 2.08. The van der Waals surface area contributed by atoms with Gasteiger partial charge in [0.2, 0.25) is 0 Å². The van der Waals surface area contributed by atoms with Crippen LogP contribution in [0.2, 0.25) is 5.02 Å². The fraction of sp³-hybridized carbons (Fsp3) is 0.462. The molecule has 0 spiro atoms. The molecule has 1 fully saturated rings. The van der Waals surface area contributed by atoms with Crippen LogP contribution in [-0.2, 0) is 11.2 Å². The van der Waals surface area contributed by atoms with E-state index in [1.807, 2.05) is 0 Å². The van der Waals surface area contributed by atoms with Crippen LogP contribution in [0.15, 0.2) is 18.2 Å². The third-order valence-corrected chi connectivity index (χ3v) is 3.42. The molecule has 1 atom stereocenters. The summed E-state index contributed by atoms with van der Waals surface area (Å²) >= 11 is 5.72. The summed E-state index contributed by atoms with van der Waals surface area (Å²) in [6.45, 7) is 0. The Morgan fingerprint density at radius 1 is 1.44 bits per heavy atom. The number of rotatable bonds is 2. The molecule has 1 aliphatic rings. The zero-order valence-corrected chi connectivity index (χ0v) is 9.77. The zero-order valence-electron chi connectivity index (χ0n) is 9.01. The normalized spacial score (nSPS) is 21.1. The van der Waals surface area contributed by atoms with E-state index >= 15 is 0 Å². The fourth-order valence-corrected chi connectivity index (χ4v) is 2.50. The summed E-state index contributed by atoms with van der Waals surface area (Å²) in [4.78, 5) is 11.3. The molecule has 0 saturated heterocycles. The van der Waals surface area contributed by atoms with Crippen molar-refractivity contribution in [2.24, 2.45) is 5.92 Å². The maximum Gasteiger partial charge on any atom is 0.144 e. The third-order valence-electron chi connectivity index (χ3n) is 3.12. The maximum atomic E-state index is 13.6. The summed E-state index contributed by atoms with van der Waals surface area (Å²) in [5, 5.41) is 0.166. The van der Waals surface area contributed by atoms with E-state index in [1.54, 1.807) is 18.2 Å².